The van der Waals surface area contributed by atoms with Gasteiger partial charge >= 0.3 is 0 Å². The van der Waals surface area contributed by atoms with Gasteiger partial charge < -0.3 is 10.5 Å². The molecule has 20 heavy (non-hydrogen) atoms. The Balaban J connectivity index is 2.30. The molecule has 0 saturated carbocycles. The molecule has 5 heteroatoms. The van der Waals surface area contributed by atoms with Crippen LogP contribution in [0.1, 0.15) is 15.9 Å². The lowest BCUT2D eigenvalue weighted by Gasteiger charge is -2.08. The SMILES string of the molecule is COc1cccc(CC(=O)c2cc(F)ccc2N)c1F. The summed E-state index contributed by atoms with van der Waals surface area (Å²) in [7, 11) is 1.34. The van der Waals surface area contributed by atoms with Crippen molar-refractivity contribution < 1.29 is 18.3 Å². The molecule has 2 aromatic rings. The van der Waals surface area contributed by atoms with Crippen molar-refractivity contribution in [2.24, 2.45) is 0 Å². The van der Waals surface area contributed by atoms with E-state index >= 15 is 0 Å². The second-order valence-corrected chi connectivity index (χ2v) is 4.26. The van der Waals surface area contributed by atoms with Gasteiger partial charge in [-0.2, -0.15) is 0 Å². The smallest absolute Gasteiger partial charge is 0.169 e. The van der Waals surface area contributed by atoms with Crippen LogP contribution in [-0.4, -0.2) is 12.9 Å². The second-order valence-electron chi connectivity index (χ2n) is 4.26. The lowest BCUT2D eigenvalue weighted by molar-refractivity contribution is 0.0992. The molecular weight excluding hydrogens is 264 g/mol. The summed E-state index contributed by atoms with van der Waals surface area (Å²) in [5.41, 5.74) is 6.03. The van der Waals surface area contributed by atoms with E-state index < -0.39 is 17.4 Å². The summed E-state index contributed by atoms with van der Waals surface area (Å²) in [5.74, 6) is -1.55. The highest BCUT2D eigenvalue weighted by Gasteiger charge is 2.16. The molecule has 0 aliphatic carbocycles. The maximum absolute atomic E-state index is 13.9. The first-order chi connectivity index (χ1) is 9.52. The molecule has 0 aromatic heterocycles. The Morgan fingerprint density at radius 2 is 2.00 bits per heavy atom. The van der Waals surface area contributed by atoms with Crippen molar-refractivity contribution >= 4 is 11.5 Å². The Morgan fingerprint density at radius 3 is 2.70 bits per heavy atom. The average Bonchev–Trinajstić information content (AvgIpc) is 2.43. The van der Waals surface area contributed by atoms with Gasteiger partial charge in [-0.15, -0.1) is 0 Å². The summed E-state index contributed by atoms with van der Waals surface area (Å²) in [6.07, 6.45) is -0.212. The maximum Gasteiger partial charge on any atom is 0.169 e. The highest BCUT2D eigenvalue weighted by Crippen LogP contribution is 2.22. The van der Waals surface area contributed by atoms with Crippen LogP contribution in [0.5, 0.6) is 5.75 Å². The van der Waals surface area contributed by atoms with Gasteiger partial charge in [0, 0.05) is 17.7 Å². The van der Waals surface area contributed by atoms with E-state index in [4.69, 9.17) is 10.5 Å². The van der Waals surface area contributed by atoms with E-state index in [-0.39, 0.29) is 29.0 Å². The molecule has 2 N–H and O–H groups in total. The minimum absolute atomic E-state index is 0.0484. The predicted molar refractivity (Wildman–Crippen MR) is 71.8 cm³/mol. The van der Waals surface area contributed by atoms with Crippen molar-refractivity contribution in [2.75, 3.05) is 12.8 Å². The summed E-state index contributed by atoms with van der Waals surface area (Å²) < 4.78 is 31.9. The lowest BCUT2D eigenvalue weighted by Crippen LogP contribution is -2.09. The summed E-state index contributed by atoms with van der Waals surface area (Å²) in [6, 6.07) is 8.04. The summed E-state index contributed by atoms with van der Waals surface area (Å²) in [6.45, 7) is 0. The molecule has 0 spiro atoms. The number of ether oxygens (including phenoxy) is 1. The number of carbonyl (C=O) groups is 1. The molecule has 2 rings (SSSR count). The Labute approximate surface area is 115 Å². The van der Waals surface area contributed by atoms with Gasteiger partial charge in [-0.3, -0.25) is 4.79 Å². The fraction of sp³-hybridized carbons (Fsp3) is 0.133. The average molecular weight is 277 g/mol. The molecule has 0 aliphatic rings. The van der Waals surface area contributed by atoms with E-state index in [2.05, 4.69) is 0 Å². The van der Waals surface area contributed by atoms with Crippen LogP contribution in [0.2, 0.25) is 0 Å². The molecule has 0 heterocycles. The summed E-state index contributed by atoms with van der Waals surface area (Å²) >= 11 is 0. The molecule has 3 nitrogen and oxygen atoms in total. The van der Waals surface area contributed by atoms with Gasteiger partial charge in [-0.05, 0) is 29.8 Å². The van der Waals surface area contributed by atoms with Crippen molar-refractivity contribution in [3.05, 3.63) is 59.2 Å². The zero-order valence-electron chi connectivity index (χ0n) is 10.8. The molecule has 0 saturated heterocycles. The van der Waals surface area contributed by atoms with Crippen LogP contribution in [0.4, 0.5) is 14.5 Å². The monoisotopic (exact) mass is 277 g/mol. The van der Waals surface area contributed by atoms with Gasteiger partial charge in [0.15, 0.2) is 17.3 Å². The minimum atomic E-state index is -0.599. The molecule has 104 valence electrons. The Morgan fingerprint density at radius 1 is 1.25 bits per heavy atom. The van der Waals surface area contributed by atoms with Crippen LogP contribution in [-0.2, 0) is 6.42 Å². The number of hydrogen-bond donors (Lipinski definition) is 1. The first-order valence-electron chi connectivity index (χ1n) is 5.92. The number of carbonyl (C=O) groups excluding carboxylic acids is 1. The van der Waals surface area contributed by atoms with Gasteiger partial charge in [0.25, 0.3) is 0 Å². The number of nitrogen functional groups attached to an aromatic ring is 1. The highest BCUT2D eigenvalue weighted by molar-refractivity contribution is 6.01. The van der Waals surface area contributed by atoms with Crippen LogP contribution < -0.4 is 10.5 Å². The van der Waals surface area contributed by atoms with Crippen molar-refractivity contribution in [2.45, 2.75) is 6.42 Å². The van der Waals surface area contributed by atoms with Gasteiger partial charge in [0.05, 0.1) is 7.11 Å². The van der Waals surface area contributed by atoms with Crippen LogP contribution in [0.3, 0.4) is 0 Å². The van der Waals surface area contributed by atoms with Gasteiger partial charge in [0.1, 0.15) is 5.82 Å². The molecule has 0 atom stereocenters. The second kappa shape index (κ2) is 5.69. The summed E-state index contributed by atoms with van der Waals surface area (Å²) in [5, 5.41) is 0. The predicted octanol–water partition coefficient (Wildman–Crippen LogP) is 2.98. The third-order valence-electron chi connectivity index (χ3n) is 2.93. The van der Waals surface area contributed by atoms with Gasteiger partial charge in [-0.25, -0.2) is 8.78 Å². The zero-order chi connectivity index (χ0) is 14.7. The van der Waals surface area contributed by atoms with E-state index in [0.29, 0.717) is 0 Å². The van der Waals surface area contributed by atoms with E-state index in [9.17, 15) is 13.6 Å². The van der Waals surface area contributed by atoms with Crippen molar-refractivity contribution in [1.29, 1.82) is 0 Å². The molecular formula is C15H13F2NO2. The minimum Gasteiger partial charge on any atom is -0.494 e. The molecule has 0 unspecified atom stereocenters. The lowest BCUT2D eigenvalue weighted by atomic mass is 10.0. The Hall–Kier alpha value is -2.43. The van der Waals surface area contributed by atoms with Crippen molar-refractivity contribution in [3.8, 4) is 5.75 Å². The fourth-order valence-corrected chi connectivity index (χ4v) is 1.89. The number of rotatable bonds is 4. The van der Waals surface area contributed by atoms with Crippen LogP contribution in [0, 0.1) is 11.6 Å². The number of benzene rings is 2. The van der Waals surface area contributed by atoms with E-state index in [0.717, 1.165) is 12.1 Å². The first-order valence-corrected chi connectivity index (χ1v) is 5.92. The summed E-state index contributed by atoms with van der Waals surface area (Å²) in [4.78, 5) is 12.1. The number of hydrogen-bond acceptors (Lipinski definition) is 3. The molecule has 0 amide bonds. The number of Topliss-reactive ketones (excluding diaryl/α,β-unsaturated/α-hetero) is 1. The molecule has 0 aliphatic heterocycles. The van der Waals surface area contributed by atoms with E-state index in [1.165, 1.54) is 25.3 Å². The standard InChI is InChI=1S/C15H13F2NO2/c1-20-14-4-2-3-9(15(14)17)7-13(19)11-8-10(16)5-6-12(11)18/h2-6,8H,7,18H2,1H3. The number of methoxy groups -OCH3 is 1. The largest absolute Gasteiger partial charge is 0.494 e. The highest BCUT2D eigenvalue weighted by atomic mass is 19.1. The third kappa shape index (κ3) is 2.77. The number of anilines is 1. The molecule has 2 aromatic carbocycles. The van der Waals surface area contributed by atoms with Crippen LogP contribution in [0.15, 0.2) is 36.4 Å². The topological polar surface area (TPSA) is 52.3 Å². The van der Waals surface area contributed by atoms with Gasteiger partial charge in [-0.1, -0.05) is 12.1 Å². The number of ketones is 1. The zero-order valence-corrected chi connectivity index (χ0v) is 10.8. The quantitative estimate of drug-likeness (QED) is 0.690. The fourth-order valence-electron chi connectivity index (χ4n) is 1.89. The third-order valence-corrected chi connectivity index (χ3v) is 2.93. The number of nitrogens with two attached hydrogens (primary N) is 1. The molecule has 0 bridgehead atoms. The Kier molecular flexibility index (Phi) is 3.98. The Bertz CT molecular complexity index is 656. The first kappa shape index (κ1) is 14.0. The van der Waals surface area contributed by atoms with E-state index in [1.54, 1.807) is 6.07 Å². The normalized spacial score (nSPS) is 10.3. The van der Waals surface area contributed by atoms with Crippen LogP contribution >= 0.6 is 0 Å². The van der Waals surface area contributed by atoms with Crippen molar-refractivity contribution in [3.63, 3.8) is 0 Å². The van der Waals surface area contributed by atoms with Crippen LogP contribution in [0.25, 0.3) is 0 Å². The van der Waals surface area contributed by atoms with Gasteiger partial charge in [0.2, 0.25) is 0 Å². The molecule has 0 fully saturated rings. The van der Waals surface area contributed by atoms with E-state index in [1.807, 2.05) is 0 Å². The maximum atomic E-state index is 13.9. The van der Waals surface area contributed by atoms with Crippen molar-refractivity contribution in [1.82, 2.24) is 0 Å². The molecule has 0 radical (unpaired) electrons. The number of halogens is 2.